The molecule has 1 amide bonds. The van der Waals surface area contributed by atoms with Crippen LogP contribution >= 0.6 is 0 Å². The molecule has 4 rings (SSSR count). The van der Waals surface area contributed by atoms with Crippen LogP contribution in [0.5, 0.6) is 5.75 Å². The lowest BCUT2D eigenvalue weighted by Gasteiger charge is -2.35. The third-order valence-corrected chi connectivity index (χ3v) is 8.79. The van der Waals surface area contributed by atoms with E-state index in [0.29, 0.717) is 44.5 Å². The van der Waals surface area contributed by atoms with Gasteiger partial charge in [0.2, 0.25) is 20.0 Å². The molecule has 1 unspecified atom stereocenters. The van der Waals surface area contributed by atoms with Crippen molar-refractivity contribution in [3.05, 3.63) is 53.6 Å². The first-order valence-corrected chi connectivity index (χ1v) is 16.6. The monoisotopic (exact) mass is 580 g/mol. The van der Waals surface area contributed by atoms with Gasteiger partial charge in [0.15, 0.2) is 6.10 Å². The van der Waals surface area contributed by atoms with Gasteiger partial charge in [0.25, 0.3) is 5.91 Å². The Morgan fingerprint density at radius 1 is 1.10 bits per heavy atom. The van der Waals surface area contributed by atoms with Crippen molar-refractivity contribution in [1.29, 1.82) is 0 Å². The van der Waals surface area contributed by atoms with Crippen LogP contribution in [0.15, 0.2) is 42.5 Å². The maximum atomic E-state index is 13.3. The number of hydrogen-bond donors (Lipinski definition) is 3. The van der Waals surface area contributed by atoms with E-state index in [9.17, 15) is 26.7 Å². The average molecular weight is 581 g/mol. The summed E-state index contributed by atoms with van der Waals surface area (Å²) < 4.78 is 59.8. The van der Waals surface area contributed by atoms with Crippen molar-refractivity contribution >= 4 is 37.3 Å². The van der Waals surface area contributed by atoms with Crippen LogP contribution in [0.2, 0.25) is 0 Å². The molecule has 2 heterocycles. The molecule has 0 saturated carbocycles. The second kappa shape index (κ2) is 11.7. The van der Waals surface area contributed by atoms with Gasteiger partial charge in [-0.25, -0.2) is 16.8 Å². The van der Waals surface area contributed by atoms with Gasteiger partial charge < -0.3 is 15.2 Å². The van der Waals surface area contributed by atoms with Crippen molar-refractivity contribution in [2.45, 2.75) is 37.4 Å². The van der Waals surface area contributed by atoms with Crippen LogP contribution in [0.4, 0.5) is 11.4 Å². The van der Waals surface area contributed by atoms with Gasteiger partial charge in [-0.2, -0.15) is 0 Å². The highest BCUT2D eigenvalue weighted by Gasteiger charge is 2.37. The number of rotatable bonds is 10. The van der Waals surface area contributed by atoms with Crippen LogP contribution in [-0.2, 0) is 31.3 Å². The molecule has 0 aromatic heterocycles. The number of nitrogens with zero attached hydrogens (tertiary/aromatic N) is 2. The van der Waals surface area contributed by atoms with Crippen molar-refractivity contribution in [1.82, 2.24) is 10.2 Å². The van der Waals surface area contributed by atoms with Crippen molar-refractivity contribution in [2.24, 2.45) is 0 Å². The smallest absolute Gasteiger partial charge is 0.261 e. The minimum absolute atomic E-state index is 0.171. The third-order valence-electron chi connectivity index (χ3n) is 7.03. The second-order valence-corrected chi connectivity index (χ2v) is 13.8. The van der Waals surface area contributed by atoms with Gasteiger partial charge in [-0.1, -0.05) is 30.3 Å². The summed E-state index contributed by atoms with van der Waals surface area (Å²) in [5.74, 6) is -0.668. The van der Waals surface area contributed by atoms with Gasteiger partial charge in [0.05, 0.1) is 30.0 Å². The first-order valence-electron chi connectivity index (χ1n) is 12.8. The van der Waals surface area contributed by atoms with Crippen molar-refractivity contribution < 1.29 is 31.5 Å². The number of likely N-dealkylation sites (tertiary alicyclic amines) is 1. The van der Waals surface area contributed by atoms with Gasteiger partial charge in [-0.15, -0.1) is 0 Å². The van der Waals surface area contributed by atoms with Crippen LogP contribution in [0.3, 0.4) is 0 Å². The zero-order valence-electron chi connectivity index (χ0n) is 22.3. The number of amides is 1. The molecule has 39 heavy (non-hydrogen) atoms. The molecule has 2 aliphatic heterocycles. The molecular weight excluding hydrogens is 544 g/mol. The summed E-state index contributed by atoms with van der Waals surface area (Å²) in [4.78, 5) is 15.4. The first-order chi connectivity index (χ1) is 18.4. The van der Waals surface area contributed by atoms with Crippen LogP contribution in [0.25, 0.3) is 0 Å². The number of fused-ring (bicyclic) bond motifs is 1. The zero-order valence-corrected chi connectivity index (χ0v) is 24.0. The van der Waals surface area contributed by atoms with Crippen molar-refractivity contribution in [3.63, 3.8) is 0 Å². The molecule has 13 heteroatoms. The Kier molecular flexibility index (Phi) is 8.74. The van der Waals surface area contributed by atoms with E-state index in [1.165, 1.54) is 23.5 Å². The van der Waals surface area contributed by atoms with Crippen molar-refractivity contribution in [3.8, 4) is 5.75 Å². The molecular formula is C26H36N4O7S2. The van der Waals surface area contributed by atoms with E-state index in [1.54, 1.807) is 0 Å². The van der Waals surface area contributed by atoms with Crippen LogP contribution < -0.4 is 19.1 Å². The molecule has 11 nitrogen and oxygen atoms in total. The van der Waals surface area contributed by atoms with Gasteiger partial charge in [-0.3, -0.25) is 18.7 Å². The largest absolute Gasteiger partial charge is 0.478 e. The molecule has 2 aliphatic rings. The quantitative estimate of drug-likeness (QED) is 0.379. The number of anilines is 2. The Bertz CT molecular complexity index is 1400. The number of hydrogen-bond acceptors (Lipinski definition) is 8. The first kappa shape index (κ1) is 29.1. The molecule has 1 fully saturated rings. The predicted octanol–water partition coefficient (Wildman–Crippen LogP) is 1.11. The summed E-state index contributed by atoms with van der Waals surface area (Å²) >= 11 is 0. The summed E-state index contributed by atoms with van der Waals surface area (Å²) in [7, 11) is -5.86. The van der Waals surface area contributed by atoms with Crippen molar-refractivity contribution in [2.75, 3.05) is 54.8 Å². The van der Waals surface area contributed by atoms with Gasteiger partial charge >= 0.3 is 0 Å². The minimum atomic E-state index is -3.74. The fraction of sp³-hybridized carbons (Fsp3) is 0.500. The summed E-state index contributed by atoms with van der Waals surface area (Å²) in [6.07, 6.45) is 2.19. The number of ether oxygens (including phenoxy) is 1. The number of carbonyl (C=O) groups is 1. The molecule has 3 N–H and O–H groups in total. The lowest BCUT2D eigenvalue weighted by atomic mass is 9.91. The number of β-amino-alcohol motifs (C(OH)–C–C–N with tert-alkyl or cyclic N) is 1. The summed E-state index contributed by atoms with van der Waals surface area (Å²) in [6.45, 7) is 1.79. The molecule has 214 valence electrons. The van der Waals surface area contributed by atoms with E-state index >= 15 is 0 Å². The Balaban J connectivity index is 1.82. The van der Waals surface area contributed by atoms with E-state index in [2.05, 4.69) is 14.9 Å². The third kappa shape index (κ3) is 7.02. The number of nitrogens with one attached hydrogen (secondary N) is 2. The highest BCUT2D eigenvalue weighted by Crippen LogP contribution is 2.43. The normalized spacial score (nSPS) is 19.7. The average Bonchev–Trinajstić information content (AvgIpc) is 3.30. The topological polar surface area (TPSA) is 145 Å². The van der Waals surface area contributed by atoms with Crippen LogP contribution in [0.1, 0.15) is 29.9 Å². The summed E-state index contributed by atoms with van der Waals surface area (Å²) in [5, 5.41) is 12.8. The summed E-state index contributed by atoms with van der Waals surface area (Å²) in [6, 6.07) is 12.5. The highest BCUT2D eigenvalue weighted by atomic mass is 32.2. The lowest BCUT2D eigenvalue weighted by Crippen LogP contribution is -2.45. The number of sulfonamides is 2. The minimum Gasteiger partial charge on any atom is -0.478 e. The van der Waals surface area contributed by atoms with Gasteiger partial charge in [0, 0.05) is 44.7 Å². The fourth-order valence-corrected chi connectivity index (χ4v) is 6.89. The predicted molar refractivity (Wildman–Crippen MR) is 150 cm³/mol. The number of benzene rings is 2. The maximum absolute atomic E-state index is 13.3. The lowest BCUT2D eigenvalue weighted by molar-refractivity contribution is -0.128. The molecule has 3 atom stereocenters. The Morgan fingerprint density at radius 3 is 2.41 bits per heavy atom. The van der Waals surface area contributed by atoms with E-state index in [-0.39, 0.29) is 23.7 Å². The second-order valence-electron chi connectivity index (χ2n) is 10.1. The number of aliphatic hydroxyl groups is 1. The Hall–Kier alpha value is -2.87. The fourth-order valence-electron chi connectivity index (χ4n) is 5.30. The Labute approximate surface area is 230 Å². The SMILES string of the molecule is CNC(=O)C(Oc1ccc(NS(C)(=O)=O)c2c1N(S(C)(=O)=O)CCC2)[C@H](CN1CC[C@H](O)C1)c1ccccc1. The molecule has 0 spiro atoms. The van der Waals surface area contributed by atoms with Crippen LogP contribution in [-0.4, -0.2) is 90.7 Å². The molecule has 0 aliphatic carbocycles. The Morgan fingerprint density at radius 2 is 1.82 bits per heavy atom. The molecule has 1 saturated heterocycles. The number of carbonyl (C=O) groups excluding carboxylic acids is 1. The van der Waals surface area contributed by atoms with E-state index in [1.807, 2.05) is 30.3 Å². The van der Waals surface area contributed by atoms with Crippen LogP contribution in [0, 0.1) is 0 Å². The number of likely N-dealkylation sites (N-methyl/N-ethyl adjacent to an activating group) is 1. The molecule has 2 aromatic rings. The standard InChI is InChI=1S/C26H36N4O7S2/c1-27-26(32)25(21(18-8-5-4-6-9-18)17-29-15-13-19(31)16-29)37-23-12-11-22(28-38(2,33)34)20-10-7-14-30(24(20)23)39(3,35)36/h4-6,8-9,11-12,19,21,25,28,31H,7,10,13-17H2,1-3H3,(H,27,32)/t19-,21+,25?/m0/s1. The zero-order chi connectivity index (χ0) is 28.4. The summed E-state index contributed by atoms with van der Waals surface area (Å²) in [5.41, 5.74) is 1.85. The molecule has 0 radical (unpaired) electrons. The maximum Gasteiger partial charge on any atom is 0.261 e. The van der Waals surface area contributed by atoms with E-state index < -0.39 is 44.1 Å². The van der Waals surface area contributed by atoms with E-state index in [0.717, 1.165) is 18.1 Å². The number of aliphatic hydroxyl groups excluding tert-OH is 1. The van der Waals surface area contributed by atoms with E-state index in [4.69, 9.17) is 4.74 Å². The molecule has 0 bridgehead atoms. The van der Waals surface area contributed by atoms with Gasteiger partial charge in [0.1, 0.15) is 5.75 Å². The highest BCUT2D eigenvalue weighted by molar-refractivity contribution is 7.92. The molecule has 2 aromatic carbocycles. The van der Waals surface area contributed by atoms with Gasteiger partial charge in [-0.05, 0) is 37.0 Å².